The molecular formula is C69H44N6. The van der Waals surface area contributed by atoms with Crippen molar-refractivity contribution in [3.05, 3.63) is 267 Å². The lowest BCUT2D eigenvalue weighted by Gasteiger charge is -2.14. The summed E-state index contributed by atoms with van der Waals surface area (Å²) in [5, 5.41) is 7.10. The Morgan fingerprint density at radius 3 is 1.09 bits per heavy atom. The largest absolute Gasteiger partial charge is 0.309 e. The lowest BCUT2D eigenvalue weighted by atomic mass is 9.98. The summed E-state index contributed by atoms with van der Waals surface area (Å²) >= 11 is 0. The highest BCUT2D eigenvalue weighted by molar-refractivity contribution is 6.18. The summed E-state index contributed by atoms with van der Waals surface area (Å²) < 4.78 is 7.20. The summed E-state index contributed by atoms with van der Waals surface area (Å²) in [6, 6.07) is 95.4. The van der Waals surface area contributed by atoms with E-state index >= 15 is 0 Å². The topological polar surface area (TPSA) is 53.5 Å². The number of fused-ring (bicyclic) bond motifs is 9. The summed E-state index contributed by atoms with van der Waals surface area (Å²) in [4.78, 5) is 15.6. The van der Waals surface area contributed by atoms with Gasteiger partial charge in [-0.3, -0.25) is 0 Å². The van der Waals surface area contributed by atoms with Crippen LogP contribution in [0.4, 0.5) is 0 Å². The molecule has 0 saturated carbocycles. The molecule has 0 radical (unpaired) electrons. The van der Waals surface area contributed by atoms with Gasteiger partial charge in [-0.2, -0.15) is 0 Å². The van der Waals surface area contributed by atoms with Gasteiger partial charge in [-0.05, 0) is 102 Å². The number of benzene rings is 11. The second-order valence-corrected chi connectivity index (χ2v) is 19.2. The Bertz CT molecular complexity index is 4610. The first-order valence-corrected chi connectivity index (χ1v) is 25.4. The summed E-state index contributed by atoms with van der Waals surface area (Å²) in [7, 11) is 0. The predicted octanol–water partition coefficient (Wildman–Crippen LogP) is 17.5. The lowest BCUT2D eigenvalue weighted by molar-refractivity contribution is 1.07. The monoisotopic (exact) mass is 956 g/mol. The zero-order chi connectivity index (χ0) is 49.4. The van der Waals surface area contributed by atoms with Crippen molar-refractivity contribution in [3.63, 3.8) is 0 Å². The summed E-state index contributed by atoms with van der Waals surface area (Å²) in [5.74, 6) is 1.87. The van der Waals surface area contributed by atoms with Gasteiger partial charge in [0.1, 0.15) is 0 Å². The van der Waals surface area contributed by atoms with E-state index in [1.54, 1.807) is 0 Å². The van der Waals surface area contributed by atoms with E-state index in [1.165, 1.54) is 43.7 Å². The first kappa shape index (κ1) is 42.5. The molecule has 0 unspecified atom stereocenters. The zero-order valence-corrected chi connectivity index (χ0v) is 40.6. The first-order chi connectivity index (χ1) is 37.2. The van der Waals surface area contributed by atoms with Gasteiger partial charge >= 0.3 is 0 Å². The maximum Gasteiger partial charge on any atom is 0.166 e. The normalized spacial score (nSPS) is 11.7. The van der Waals surface area contributed by atoms with Crippen molar-refractivity contribution >= 4 is 65.4 Å². The van der Waals surface area contributed by atoms with Gasteiger partial charge < -0.3 is 13.7 Å². The Morgan fingerprint density at radius 1 is 0.213 bits per heavy atom. The molecule has 15 rings (SSSR count). The molecule has 0 fully saturated rings. The Kier molecular flexibility index (Phi) is 9.78. The number of hydrogen-bond donors (Lipinski definition) is 0. The van der Waals surface area contributed by atoms with Gasteiger partial charge in [0.25, 0.3) is 0 Å². The number of aromatic nitrogens is 6. The van der Waals surface area contributed by atoms with Crippen molar-refractivity contribution in [2.45, 2.75) is 0 Å². The molecule has 6 nitrogen and oxygen atoms in total. The molecular weight excluding hydrogens is 913 g/mol. The average molecular weight is 957 g/mol. The van der Waals surface area contributed by atoms with Crippen molar-refractivity contribution < 1.29 is 0 Å². The van der Waals surface area contributed by atoms with Gasteiger partial charge in [0, 0.05) is 71.6 Å². The van der Waals surface area contributed by atoms with E-state index in [0.717, 1.165) is 77.7 Å². The van der Waals surface area contributed by atoms with Crippen molar-refractivity contribution in [2.75, 3.05) is 0 Å². The van der Waals surface area contributed by atoms with Crippen molar-refractivity contribution in [2.24, 2.45) is 0 Å². The van der Waals surface area contributed by atoms with E-state index in [1.807, 2.05) is 36.4 Å². The van der Waals surface area contributed by atoms with Gasteiger partial charge in [-0.25, -0.2) is 15.0 Å². The van der Waals surface area contributed by atoms with Gasteiger partial charge in [-0.1, -0.05) is 182 Å². The van der Waals surface area contributed by atoms with Crippen molar-refractivity contribution in [1.29, 1.82) is 0 Å². The number of rotatable bonds is 8. The van der Waals surface area contributed by atoms with Crippen LogP contribution in [0.5, 0.6) is 0 Å². The molecule has 75 heavy (non-hydrogen) atoms. The third kappa shape index (κ3) is 6.92. The van der Waals surface area contributed by atoms with Crippen LogP contribution in [0.25, 0.3) is 139 Å². The van der Waals surface area contributed by atoms with Gasteiger partial charge in [0.15, 0.2) is 17.5 Å². The van der Waals surface area contributed by atoms with Crippen LogP contribution in [-0.2, 0) is 0 Å². The Labute approximate surface area is 432 Å². The van der Waals surface area contributed by atoms with Crippen molar-refractivity contribution in [1.82, 2.24) is 28.7 Å². The van der Waals surface area contributed by atoms with E-state index in [2.05, 4.69) is 244 Å². The molecule has 0 bridgehead atoms. The second-order valence-electron chi connectivity index (χ2n) is 19.2. The quantitative estimate of drug-likeness (QED) is 0.152. The van der Waals surface area contributed by atoms with E-state index in [4.69, 9.17) is 15.0 Å². The van der Waals surface area contributed by atoms with Crippen LogP contribution in [0.3, 0.4) is 0 Å². The summed E-state index contributed by atoms with van der Waals surface area (Å²) in [5.41, 5.74) is 17.5. The minimum Gasteiger partial charge on any atom is -0.309 e. The van der Waals surface area contributed by atoms with Gasteiger partial charge in [0.05, 0.1) is 33.1 Å². The molecule has 350 valence electrons. The molecule has 0 amide bonds. The van der Waals surface area contributed by atoms with Crippen LogP contribution < -0.4 is 0 Å². The standard InChI is InChI=1S/C69H44N6/c1-6-20-45(21-7-1)67-70-68(46-22-8-2-9-23-46)72-69(71-67)57-34-19-33-56-55-32-18-31-53(65(55)75(66(56)57)52-28-14-5-15-29-52)49-38-41-64-60(44-49)59-43-48(37-40-63(59)74(64)51-26-12-4-13-27-51)47-36-39-62-58(42-47)54-30-16-17-35-61(54)73(62)50-24-10-3-11-25-50/h1-44H. The molecule has 0 saturated heterocycles. The zero-order valence-electron chi connectivity index (χ0n) is 40.6. The van der Waals surface area contributed by atoms with Crippen molar-refractivity contribution in [3.8, 4) is 73.5 Å². The number of para-hydroxylation sites is 6. The minimum atomic E-state index is 0.613. The SMILES string of the molecule is c1ccc(-c2nc(-c3ccccc3)nc(-c3cccc4c5cccc(-c6ccc7c(c6)c6cc(-c8ccc9c(c8)c8ccccc8n9-c8ccccc8)ccc6n7-c6ccccc6)c5n(-c5ccccc5)c34)n2)cc1. The third-order valence-electron chi connectivity index (χ3n) is 14.9. The highest BCUT2D eigenvalue weighted by Crippen LogP contribution is 2.44. The maximum atomic E-state index is 5.26. The van der Waals surface area contributed by atoms with E-state index < -0.39 is 0 Å². The first-order valence-electron chi connectivity index (χ1n) is 25.4. The molecule has 0 atom stereocenters. The molecule has 15 aromatic rings. The molecule has 4 aromatic heterocycles. The maximum absolute atomic E-state index is 5.26. The summed E-state index contributed by atoms with van der Waals surface area (Å²) in [6.45, 7) is 0. The minimum absolute atomic E-state index is 0.613. The fourth-order valence-corrected chi connectivity index (χ4v) is 11.5. The fourth-order valence-electron chi connectivity index (χ4n) is 11.5. The Balaban J connectivity index is 0.955. The molecule has 0 aliphatic rings. The Morgan fingerprint density at radius 2 is 0.573 bits per heavy atom. The lowest BCUT2D eigenvalue weighted by Crippen LogP contribution is -2.02. The molecule has 0 aliphatic carbocycles. The van der Waals surface area contributed by atoms with Crippen LogP contribution in [0.15, 0.2) is 267 Å². The highest BCUT2D eigenvalue weighted by Gasteiger charge is 2.24. The molecule has 4 heterocycles. The smallest absolute Gasteiger partial charge is 0.166 e. The Hall–Kier alpha value is -10.2. The number of nitrogens with zero attached hydrogens (tertiary/aromatic N) is 6. The summed E-state index contributed by atoms with van der Waals surface area (Å²) in [6.07, 6.45) is 0. The third-order valence-corrected chi connectivity index (χ3v) is 14.9. The molecule has 6 heteroatoms. The van der Waals surface area contributed by atoms with E-state index in [0.29, 0.717) is 17.5 Å². The van der Waals surface area contributed by atoms with Crippen LogP contribution in [0, 0.1) is 0 Å². The predicted molar refractivity (Wildman–Crippen MR) is 310 cm³/mol. The molecule has 0 aliphatic heterocycles. The van der Waals surface area contributed by atoms with Crippen LogP contribution in [-0.4, -0.2) is 28.7 Å². The van der Waals surface area contributed by atoms with Crippen LogP contribution >= 0.6 is 0 Å². The van der Waals surface area contributed by atoms with E-state index in [-0.39, 0.29) is 0 Å². The van der Waals surface area contributed by atoms with Crippen LogP contribution in [0.2, 0.25) is 0 Å². The molecule has 0 spiro atoms. The molecule has 0 N–H and O–H groups in total. The average Bonchev–Trinajstić information content (AvgIpc) is 4.21. The fraction of sp³-hybridized carbons (Fsp3) is 0. The highest BCUT2D eigenvalue weighted by atomic mass is 15.1. The second kappa shape index (κ2) is 17.3. The van der Waals surface area contributed by atoms with Crippen LogP contribution in [0.1, 0.15) is 0 Å². The van der Waals surface area contributed by atoms with Gasteiger partial charge in [-0.15, -0.1) is 0 Å². The molecule has 11 aromatic carbocycles. The number of hydrogen-bond acceptors (Lipinski definition) is 3. The van der Waals surface area contributed by atoms with Gasteiger partial charge in [0.2, 0.25) is 0 Å². The van der Waals surface area contributed by atoms with E-state index in [9.17, 15) is 0 Å².